The first-order valence-corrected chi connectivity index (χ1v) is 7.41. The van der Waals surface area contributed by atoms with Gasteiger partial charge in [0.15, 0.2) is 0 Å². The molecule has 0 bridgehead atoms. The monoisotopic (exact) mass is 236 g/mol. The van der Waals surface area contributed by atoms with E-state index in [1.54, 1.807) is 0 Å². The highest BCUT2D eigenvalue weighted by Crippen LogP contribution is 2.11. The van der Waals surface area contributed by atoms with Crippen molar-refractivity contribution in [2.75, 3.05) is 0 Å². The minimum absolute atomic E-state index is 1.11. The van der Waals surface area contributed by atoms with E-state index in [2.05, 4.69) is 16.9 Å². The van der Waals surface area contributed by atoms with Gasteiger partial charge >= 0.3 is 0 Å². The van der Waals surface area contributed by atoms with Gasteiger partial charge in [0.05, 0.1) is 0 Å². The Morgan fingerprint density at radius 1 is 0.882 bits per heavy atom. The Kier molecular flexibility index (Phi) is 8.71. The summed E-state index contributed by atoms with van der Waals surface area (Å²) in [6.07, 6.45) is 18.9. The predicted octanol–water partition coefficient (Wildman–Crippen LogP) is 4.87. The molecule has 0 aliphatic heterocycles. The smallest absolute Gasteiger partial charge is 0.105 e. The molecule has 0 amide bonds. The van der Waals surface area contributed by atoms with E-state index in [0.29, 0.717) is 0 Å². The molecule has 1 N–H and O–H groups in total. The fourth-order valence-electron chi connectivity index (χ4n) is 2.21. The van der Waals surface area contributed by atoms with Crippen molar-refractivity contribution in [3.8, 4) is 0 Å². The van der Waals surface area contributed by atoms with Gasteiger partial charge in [-0.25, -0.2) is 4.98 Å². The minimum Gasteiger partial charge on any atom is -0.349 e. The number of H-pyrrole nitrogens is 1. The van der Waals surface area contributed by atoms with Crippen LogP contribution in [0.15, 0.2) is 12.4 Å². The summed E-state index contributed by atoms with van der Waals surface area (Å²) >= 11 is 0. The standard InChI is InChI=1S/C15H28N2/c1-2-3-4-5-6-7-8-9-10-11-12-15-16-13-14-17-15/h13-14H,2-12H2,1H3,(H,16,17). The maximum absolute atomic E-state index is 4.24. The average molecular weight is 236 g/mol. The van der Waals surface area contributed by atoms with Crippen molar-refractivity contribution in [1.82, 2.24) is 9.97 Å². The molecule has 1 rings (SSSR count). The number of nitrogens with zero attached hydrogens (tertiary/aromatic N) is 1. The molecular weight excluding hydrogens is 208 g/mol. The van der Waals surface area contributed by atoms with E-state index in [1.807, 2.05) is 12.4 Å². The quantitative estimate of drug-likeness (QED) is 0.545. The zero-order valence-corrected chi connectivity index (χ0v) is 11.4. The van der Waals surface area contributed by atoms with Gasteiger partial charge in [-0.2, -0.15) is 0 Å². The number of imidazole rings is 1. The van der Waals surface area contributed by atoms with Crippen LogP contribution >= 0.6 is 0 Å². The molecule has 2 nitrogen and oxygen atoms in total. The molecule has 0 unspecified atom stereocenters. The Labute approximate surface area is 106 Å². The van der Waals surface area contributed by atoms with Crippen molar-refractivity contribution >= 4 is 0 Å². The minimum atomic E-state index is 1.11. The van der Waals surface area contributed by atoms with Crippen LogP contribution in [0.3, 0.4) is 0 Å². The lowest BCUT2D eigenvalue weighted by Gasteiger charge is -2.01. The van der Waals surface area contributed by atoms with Crippen LogP contribution in [0.25, 0.3) is 0 Å². The van der Waals surface area contributed by atoms with Crippen LogP contribution in [0.1, 0.15) is 77.0 Å². The zero-order valence-electron chi connectivity index (χ0n) is 11.4. The molecule has 0 spiro atoms. The molecule has 17 heavy (non-hydrogen) atoms. The van der Waals surface area contributed by atoms with Gasteiger partial charge in [0.2, 0.25) is 0 Å². The number of nitrogens with one attached hydrogen (secondary N) is 1. The first kappa shape index (κ1) is 14.3. The molecule has 0 aromatic carbocycles. The van der Waals surface area contributed by atoms with E-state index in [-0.39, 0.29) is 0 Å². The van der Waals surface area contributed by atoms with Gasteiger partial charge in [0, 0.05) is 18.8 Å². The highest BCUT2D eigenvalue weighted by Gasteiger charge is 1.95. The maximum atomic E-state index is 4.24. The molecule has 0 aliphatic rings. The van der Waals surface area contributed by atoms with Crippen molar-refractivity contribution in [3.63, 3.8) is 0 Å². The lowest BCUT2D eigenvalue weighted by molar-refractivity contribution is 0.554. The largest absolute Gasteiger partial charge is 0.349 e. The van der Waals surface area contributed by atoms with Crippen LogP contribution in [0.5, 0.6) is 0 Å². The predicted molar refractivity (Wildman–Crippen MR) is 74.1 cm³/mol. The number of aryl methyl sites for hydroxylation is 1. The second kappa shape index (κ2) is 10.4. The molecule has 0 atom stereocenters. The van der Waals surface area contributed by atoms with Crippen molar-refractivity contribution in [2.45, 2.75) is 77.6 Å². The molecule has 98 valence electrons. The fourth-order valence-corrected chi connectivity index (χ4v) is 2.21. The highest BCUT2D eigenvalue weighted by molar-refractivity contribution is 4.86. The van der Waals surface area contributed by atoms with E-state index in [0.717, 1.165) is 12.2 Å². The van der Waals surface area contributed by atoms with Crippen LogP contribution in [0, 0.1) is 0 Å². The van der Waals surface area contributed by atoms with Gasteiger partial charge in [-0.1, -0.05) is 64.7 Å². The Balaban J connectivity index is 1.76. The van der Waals surface area contributed by atoms with E-state index in [9.17, 15) is 0 Å². The summed E-state index contributed by atoms with van der Waals surface area (Å²) in [5.74, 6) is 1.14. The van der Waals surface area contributed by atoms with Gasteiger partial charge in [-0.3, -0.25) is 0 Å². The van der Waals surface area contributed by atoms with Crippen LogP contribution in [-0.2, 0) is 6.42 Å². The highest BCUT2D eigenvalue weighted by atomic mass is 14.9. The lowest BCUT2D eigenvalue weighted by Crippen LogP contribution is -1.88. The third kappa shape index (κ3) is 8.00. The van der Waals surface area contributed by atoms with Crippen molar-refractivity contribution in [2.24, 2.45) is 0 Å². The summed E-state index contributed by atoms with van der Waals surface area (Å²) < 4.78 is 0. The van der Waals surface area contributed by atoms with Gasteiger partial charge in [0.1, 0.15) is 5.82 Å². The van der Waals surface area contributed by atoms with E-state index >= 15 is 0 Å². The van der Waals surface area contributed by atoms with Crippen molar-refractivity contribution in [3.05, 3.63) is 18.2 Å². The van der Waals surface area contributed by atoms with Gasteiger partial charge in [-0.05, 0) is 6.42 Å². The second-order valence-electron chi connectivity index (χ2n) is 4.97. The summed E-state index contributed by atoms with van der Waals surface area (Å²) in [4.78, 5) is 7.39. The van der Waals surface area contributed by atoms with Crippen LogP contribution in [-0.4, -0.2) is 9.97 Å². The molecule has 0 fully saturated rings. The molecular formula is C15H28N2. The Hall–Kier alpha value is -0.790. The normalized spacial score (nSPS) is 10.9. The second-order valence-corrected chi connectivity index (χ2v) is 4.97. The SMILES string of the molecule is CCCCCCCCCCCCc1ncc[nH]1. The number of aromatic amines is 1. The summed E-state index contributed by atoms with van der Waals surface area (Å²) in [5.41, 5.74) is 0. The van der Waals surface area contributed by atoms with Crippen LogP contribution < -0.4 is 0 Å². The molecule has 0 radical (unpaired) electrons. The van der Waals surface area contributed by atoms with Crippen molar-refractivity contribution in [1.29, 1.82) is 0 Å². The summed E-state index contributed by atoms with van der Waals surface area (Å²) in [6.45, 7) is 2.28. The van der Waals surface area contributed by atoms with Crippen molar-refractivity contribution < 1.29 is 0 Å². The maximum Gasteiger partial charge on any atom is 0.105 e. The third-order valence-electron chi connectivity index (χ3n) is 3.32. The summed E-state index contributed by atoms with van der Waals surface area (Å²) in [5, 5.41) is 0. The first-order chi connectivity index (χ1) is 8.43. The Morgan fingerprint density at radius 3 is 2.00 bits per heavy atom. The lowest BCUT2D eigenvalue weighted by atomic mass is 10.1. The summed E-state index contributed by atoms with van der Waals surface area (Å²) in [7, 11) is 0. The number of aromatic nitrogens is 2. The van der Waals surface area contributed by atoms with E-state index < -0.39 is 0 Å². The number of hydrogen-bond donors (Lipinski definition) is 1. The number of rotatable bonds is 11. The van der Waals surface area contributed by atoms with Gasteiger partial charge < -0.3 is 4.98 Å². The fraction of sp³-hybridized carbons (Fsp3) is 0.800. The molecule has 2 heteroatoms. The zero-order chi connectivity index (χ0) is 12.2. The molecule has 0 saturated carbocycles. The van der Waals surface area contributed by atoms with E-state index in [4.69, 9.17) is 0 Å². The molecule has 0 saturated heterocycles. The number of hydrogen-bond acceptors (Lipinski definition) is 1. The van der Waals surface area contributed by atoms with Crippen LogP contribution in [0.2, 0.25) is 0 Å². The Morgan fingerprint density at radius 2 is 1.47 bits per heavy atom. The number of unbranched alkanes of at least 4 members (excludes halogenated alkanes) is 9. The molecule has 0 aliphatic carbocycles. The van der Waals surface area contributed by atoms with Gasteiger partial charge in [0.25, 0.3) is 0 Å². The molecule has 1 aromatic heterocycles. The summed E-state index contributed by atoms with van der Waals surface area (Å²) in [6, 6.07) is 0. The topological polar surface area (TPSA) is 28.7 Å². The van der Waals surface area contributed by atoms with E-state index in [1.165, 1.54) is 64.2 Å². The van der Waals surface area contributed by atoms with Gasteiger partial charge in [-0.15, -0.1) is 0 Å². The first-order valence-electron chi connectivity index (χ1n) is 7.41. The average Bonchev–Trinajstić information content (AvgIpc) is 2.85. The Bertz CT molecular complexity index is 241. The molecule has 1 heterocycles. The molecule has 1 aromatic rings. The third-order valence-corrected chi connectivity index (χ3v) is 3.32. The van der Waals surface area contributed by atoms with Crippen LogP contribution in [0.4, 0.5) is 0 Å².